The van der Waals surface area contributed by atoms with Gasteiger partial charge in [0.2, 0.25) is 5.91 Å². The minimum Gasteiger partial charge on any atom is -0.465 e. The van der Waals surface area contributed by atoms with Crippen LogP contribution in [0.2, 0.25) is 0 Å². The van der Waals surface area contributed by atoms with E-state index in [4.69, 9.17) is 4.74 Å². The number of carbonyl (C=O) groups excluding carboxylic acids is 2. The molecule has 0 saturated heterocycles. The number of hydrogen-bond acceptors (Lipinski definition) is 8. The summed E-state index contributed by atoms with van der Waals surface area (Å²) in [4.78, 5) is 26.5. The van der Waals surface area contributed by atoms with Crippen LogP contribution in [0.25, 0.3) is 22.5 Å². The van der Waals surface area contributed by atoms with Crippen molar-refractivity contribution >= 4 is 51.3 Å². The third-order valence-corrected chi connectivity index (χ3v) is 8.35. The molecule has 4 rings (SSSR count). The smallest absolute Gasteiger partial charge is 0.341 e. The fraction of sp³-hybridized carbons (Fsp3) is 0.250. The first-order chi connectivity index (χ1) is 16.8. The van der Waals surface area contributed by atoms with Crippen molar-refractivity contribution in [3.63, 3.8) is 0 Å². The number of methoxy groups -OCH3 is 1. The summed E-state index contributed by atoms with van der Waals surface area (Å²) in [5, 5.41) is 16.1. The Morgan fingerprint density at radius 3 is 2.54 bits per heavy atom. The Labute approximate surface area is 214 Å². The molecule has 0 radical (unpaired) electrons. The number of halogens is 1. The van der Waals surface area contributed by atoms with Gasteiger partial charge in [-0.2, -0.15) is 0 Å². The number of esters is 1. The summed E-state index contributed by atoms with van der Waals surface area (Å²) in [5.41, 5.74) is 2.46. The first-order valence-corrected chi connectivity index (χ1v) is 13.4. The molecule has 11 heteroatoms. The van der Waals surface area contributed by atoms with E-state index < -0.39 is 5.97 Å². The summed E-state index contributed by atoms with van der Waals surface area (Å²) in [6.07, 6.45) is 0. The van der Waals surface area contributed by atoms with Crippen LogP contribution < -0.4 is 5.32 Å². The number of thioether (sulfide) groups is 1. The Kier molecular flexibility index (Phi) is 7.68. The zero-order valence-electron chi connectivity index (χ0n) is 19.5. The minimum atomic E-state index is -0.581. The van der Waals surface area contributed by atoms with E-state index in [1.165, 1.54) is 47.2 Å². The molecule has 0 spiro atoms. The van der Waals surface area contributed by atoms with Crippen molar-refractivity contribution in [1.82, 2.24) is 14.8 Å². The molecule has 0 aliphatic carbocycles. The molecule has 0 bridgehead atoms. The van der Waals surface area contributed by atoms with Gasteiger partial charge in [0.05, 0.1) is 12.9 Å². The third kappa shape index (κ3) is 5.47. The standard InChI is InChI=1S/C24H23FN4O3S3/c1-13(2)18-9-15(10-33-18)21-27-28-24(29(21)3)35-12-19(30)26-22-20(23(31)32-4)17(11-34-22)14-5-7-16(25)8-6-14/h5-11,13H,12H2,1-4H3,(H,26,30). The topological polar surface area (TPSA) is 86.1 Å². The monoisotopic (exact) mass is 530 g/mol. The molecule has 3 aromatic heterocycles. The van der Waals surface area contributed by atoms with Crippen LogP contribution in [-0.4, -0.2) is 39.5 Å². The molecular weight excluding hydrogens is 507 g/mol. The van der Waals surface area contributed by atoms with Crippen molar-refractivity contribution in [2.45, 2.75) is 24.9 Å². The summed E-state index contributed by atoms with van der Waals surface area (Å²) in [6, 6.07) is 7.91. The van der Waals surface area contributed by atoms with Gasteiger partial charge in [-0.25, -0.2) is 9.18 Å². The van der Waals surface area contributed by atoms with Crippen LogP contribution in [0.15, 0.2) is 46.2 Å². The van der Waals surface area contributed by atoms with Crippen LogP contribution in [-0.2, 0) is 16.6 Å². The molecule has 3 heterocycles. The SMILES string of the molecule is COC(=O)c1c(-c2ccc(F)cc2)csc1NC(=O)CSc1nnc(-c2csc(C(C)C)c2)n1C. The van der Waals surface area contributed by atoms with Gasteiger partial charge in [-0.1, -0.05) is 37.7 Å². The van der Waals surface area contributed by atoms with Gasteiger partial charge in [0, 0.05) is 33.8 Å². The van der Waals surface area contributed by atoms with Crippen molar-refractivity contribution in [3.8, 4) is 22.5 Å². The highest BCUT2D eigenvalue weighted by Gasteiger charge is 2.23. The number of ether oxygens (including phenoxy) is 1. The number of carbonyl (C=O) groups is 2. The number of hydrogen-bond donors (Lipinski definition) is 1. The molecule has 182 valence electrons. The quantitative estimate of drug-likeness (QED) is 0.220. The highest BCUT2D eigenvalue weighted by Crippen LogP contribution is 2.36. The second-order valence-electron chi connectivity index (χ2n) is 7.95. The average molecular weight is 531 g/mol. The van der Waals surface area contributed by atoms with Gasteiger partial charge in [0.25, 0.3) is 0 Å². The minimum absolute atomic E-state index is 0.0806. The second kappa shape index (κ2) is 10.7. The summed E-state index contributed by atoms with van der Waals surface area (Å²) < 4.78 is 20.1. The molecule has 35 heavy (non-hydrogen) atoms. The molecule has 0 saturated carbocycles. The highest BCUT2D eigenvalue weighted by atomic mass is 32.2. The van der Waals surface area contributed by atoms with Crippen LogP contribution in [0.5, 0.6) is 0 Å². The maximum absolute atomic E-state index is 13.3. The number of nitrogens with zero attached hydrogens (tertiary/aromatic N) is 3. The van der Waals surface area contributed by atoms with Gasteiger partial charge in [-0.05, 0) is 29.7 Å². The summed E-state index contributed by atoms with van der Waals surface area (Å²) in [5.74, 6) is 0.0109. The van der Waals surface area contributed by atoms with Gasteiger partial charge < -0.3 is 14.6 Å². The fourth-order valence-corrected chi connectivity index (χ4v) is 5.94. The van der Waals surface area contributed by atoms with Crippen LogP contribution in [0, 0.1) is 5.82 Å². The Balaban J connectivity index is 1.47. The van der Waals surface area contributed by atoms with E-state index in [0.717, 1.165) is 11.4 Å². The predicted octanol–water partition coefficient (Wildman–Crippen LogP) is 6.05. The molecule has 1 N–H and O–H groups in total. The molecule has 1 aromatic carbocycles. The van der Waals surface area contributed by atoms with E-state index in [1.54, 1.807) is 28.8 Å². The third-order valence-electron chi connectivity index (χ3n) is 5.20. The molecule has 1 amide bonds. The van der Waals surface area contributed by atoms with Crippen molar-refractivity contribution in [1.29, 1.82) is 0 Å². The predicted molar refractivity (Wildman–Crippen MR) is 139 cm³/mol. The summed E-state index contributed by atoms with van der Waals surface area (Å²) >= 11 is 4.15. The van der Waals surface area contributed by atoms with E-state index in [9.17, 15) is 14.0 Å². The van der Waals surface area contributed by atoms with Crippen molar-refractivity contribution in [2.75, 3.05) is 18.2 Å². The van der Waals surface area contributed by atoms with E-state index in [-0.39, 0.29) is 23.0 Å². The highest BCUT2D eigenvalue weighted by molar-refractivity contribution is 7.99. The molecule has 0 atom stereocenters. The van der Waals surface area contributed by atoms with Gasteiger partial charge in [0.1, 0.15) is 16.4 Å². The van der Waals surface area contributed by atoms with Crippen molar-refractivity contribution in [2.24, 2.45) is 7.05 Å². The largest absolute Gasteiger partial charge is 0.465 e. The van der Waals surface area contributed by atoms with E-state index in [2.05, 4.69) is 40.8 Å². The van der Waals surface area contributed by atoms with Gasteiger partial charge in [-0.3, -0.25) is 4.79 Å². The van der Waals surface area contributed by atoms with Crippen molar-refractivity contribution < 1.29 is 18.7 Å². The van der Waals surface area contributed by atoms with Gasteiger partial charge in [-0.15, -0.1) is 32.9 Å². The maximum Gasteiger partial charge on any atom is 0.341 e. The maximum atomic E-state index is 13.3. The van der Waals surface area contributed by atoms with Crippen molar-refractivity contribution in [3.05, 3.63) is 57.3 Å². The molecule has 4 aromatic rings. The lowest BCUT2D eigenvalue weighted by atomic mass is 10.0. The summed E-state index contributed by atoms with van der Waals surface area (Å²) in [7, 11) is 3.14. The molecular formula is C24H23FN4O3S3. The normalized spacial score (nSPS) is 11.1. The molecule has 0 unspecified atom stereocenters. The molecule has 0 fully saturated rings. The van der Waals surface area contributed by atoms with Crippen LogP contribution >= 0.6 is 34.4 Å². The number of aromatic nitrogens is 3. The lowest BCUT2D eigenvalue weighted by molar-refractivity contribution is -0.113. The number of benzene rings is 1. The van der Waals surface area contributed by atoms with Crippen LogP contribution in [0.1, 0.15) is 35.0 Å². The lowest BCUT2D eigenvalue weighted by Crippen LogP contribution is -2.16. The fourth-order valence-electron chi connectivity index (χ4n) is 3.35. The number of thiophene rings is 2. The Hall–Kier alpha value is -3.02. The zero-order chi connectivity index (χ0) is 25.1. The van der Waals surface area contributed by atoms with E-state index in [0.29, 0.717) is 27.2 Å². The molecule has 7 nitrogen and oxygen atoms in total. The lowest BCUT2D eigenvalue weighted by Gasteiger charge is -2.08. The van der Waals surface area contributed by atoms with Gasteiger partial charge >= 0.3 is 5.97 Å². The first kappa shape index (κ1) is 25.1. The number of rotatable bonds is 8. The Morgan fingerprint density at radius 1 is 1.14 bits per heavy atom. The van der Waals surface area contributed by atoms with Gasteiger partial charge in [0.15, 0.2) is 11.0 Å². The van der Waals surface area contributed by atoms with Crippen LogP contribution in [0.3, 0.4) is 0 Å². The zero-order valence-corrected chi connectivity index (χ0v) is 21.9. The molecule has 0 aliphatic rings. The molecule has 0 aliphatic heterocycles. The first-order valence-electron chi connectivity index (χ1n) is 10.6. The number of anilines is 1. The van der Waals surface area contributed by atoms with E-state index >= 15 is 0 Å². The number of nitrogens with one attached hydrogen (secondary N) is 1. The Morgan fingerprint density at radius 2 is 1.89 bits per heavy atom. The Bertz CT molecular complexity index is 1360. The number of amides is 1. The second-order valence-corrected chi connectivity index (χ2v) is 10.7. The van der Waals surface area contributed by atoms with E-state index in [1.807, 2.05) is 11.6 Å². The summed E-state index contributed by atoms with van der Waals surface area (Å²) in [6.45, 7) is 4.29. The average Bonchev–Trinajstić information content (AvgIpc) is 3.56. The van der Waals surface area contributed by atoms with Crippen LogP contribution in [0.4, 0.5) is 9.39 Å².